The van der Waals surface area contributed by atoms with Gasteiger partial charge >= 0.3 is 0 Å². The van der Waals surface area contributed by atoms with Crippen LogP contribution in [0.4, 0.5) is 4.39 Å². The minimum absolute atomic E-state index is 0.0501. The van der Waals surface area contributed by atoms with E-state index in [1.54, 1.807) is 6.07 Å². The van der Waals surface area contributed by atoms with Crippen molar-refractivity contribution >= 4 is 10.0 Å². The normalized spacial score (nSPS) is 27.9. The summed E-state index contributed by atoms with van der Waals surface area (Å²) in [5.41, 5.74) is 0. The van der Waals surface area contributed by atoms with Crippen molar-refractivity contribution in [3.63, 3.8) is 0 Å². The van der Waals surface area contributed by atoms with E-state index < -0.39 is 15.8 Å². The fourth-order valence-electron chi connectivity index (χ4n) is 3.45. The lowest BCUT2D eigenvalue weighted by Crippen LogP contribution is -2.52. The highest BCUT2D eigenvalue weighted by Crippen LogP contribution is 2.30. The summed E-state index contributed by atoms with van der Waals surface area (Å²) >= 11 is 0. The second-order valence-corrected chi connectivity index (χ2v) is 7.67. The molecule has 0 amide bonds. The first kappa shape index (κ1) is 14.9. The van der Waals surface area contributed by atoms with E-state index >= 15 is 0 Å². The summed E-state index contributed by atoms with van der Waals surface area (Å²) in [5, 5.41) is 3.39. The Morgan fingerprint density at radius 2 is 1.95 bits per heavy atom. The average molecular weight is 312 g/mol. The molecule has 3 rings (SSSR count). The van der Waals surface area contributed by atoms with Gasteiger partial charge in [-0.15, -0.1) is 0 Å². The van der Waals surface area contributed by atoms with Crippen LogP contribution >= 0.6 is 0 Å². The molecule has 2 fully saturated rings. The van der Waals surface area contributed by atoms with Gasteiger partial charge in [-0.3, -0.25) is 0 Å². The molecule has 0 radical (unpaired) electrons. The van der Waals surface area contributed by atoms with Crippen molar-refractivity contribution in [3.8, 4) is 0 Å². The Kier molecular flexibility index (Phi) is 4.28. The van der Waals surface area contributed by atoms with Crippen molar-refractivity contribution in [1.29, 1.82) is 0 Å². The van der Waals surface area contributed by atoms with Crippen LogP contribution in [0.5, 0.6) is 0 Å². The van der Waals surface area contributed by atoms with Gasteiger partial charge in [-0.25, -0.2) is 12.8 Å². The van der Waals surface area contributed by atoms with Gasteiger partial charge in [0.2, 0.25) is 10.0 Å². The molecule has 1 aromatic rings. The smallest absolute Gasteiger partial charge is 0.246 e. The van der Waals surface area contributed by atoms with E-state index in [2.05, 4.69) is 5.32 Å². The van der Waals surface area contributed by atoms with Crippen molar-refractivity contribution in [2.45, 2.75) is 49.1 Å². The van der Waals surface area contributed by atoms with Crippen molar-refractivity contribution in [2.75, 3.05) is 13.1 Å². The van der Waals surface area contributed by atoms with Gasteiger partial charge in [0.15, 0.2) is 0 Å². The fourth-order valence-corrected chi connectivity index (χ4v) is 5.25. The zero-order chi connectivity index (χ0) is 14.9. The lowest BCUT2D eigenvalue weighted by molar-refractivity contribution is 0.210. The number of hydrogen-bond acceptors (Lipinski definition) is 3. The van der Waals surface area contributed by atoms with Gasteiger partial charge in [0.05, 0.1) is 0 Å². The van der Waals surface area contributed by atoms with Crippen LogP contribution in [0.25, 0.3) is 0 Å². The van der Waals surface area contributed by atoms with Crippen LogP contribution < -0.4 is 5.32 Å². The first-order valence-corrected chi connectivity index (χ1v) is 9.04. The van der Waals surface area contributed by atoms with E-state index in [0.717, 1.165) is 38.6 Å². The van der Waals surface area contributed by atoms with Gasteiger partial charge in [-0.2, -0.15) is 4.31 Å². The molecule has 0 saturated carbocycles. The van der Waals surface area contributed by atoms with Crippen LogP contribution in [0.2, 0.25) is 0 Å². The number of nitrogens with one attached hydrogen (secondary N) is 1. The summed E-state index contributed by atoms with van der Waals surface area (Å²) in [6, 6.07) is 5.80. The van der Waals surface area contributed by atoms with Crippen molar-refractivity contribution < 1.29 is 12.8 Å². The molecular weight excluding hydrogens is 291 g/mol. The molecular formula is C15H21FN2O2S. The molecule has 1 N–H and O–H groups in total. The van der Waals surface area contributed by atoms with Crippen molar-refractivity contribution in [3.05, 3.63) is 30.1 Å². The summed E-state index contributed by atoms with van der Waals surface area (Å²) in [6.45, 7) is 1.42. The van der Waals surface area contributed by atoms with Crippen LogP contribution in [-0.2, 0) is 10.0 Å². The number of halogens is 1. The van der Waals surface area contributed by atoms with E-state index in [1.807, 2.05) is 0 Å². The minimum atomic E-state index is -3.76. The third-order valence-corrected chi connectivity index (χ3v) is 6.44. The van der Waals surface area contributed by atoms with Crippen LogP contribution in [0.3, 0.4) is 0 Å². The first-order valence-electron chi connectivity index (χ1n) is 7.60. The standard InChI is InChI=1S/C15H21FN2O2S/c16-12-6-1-2-9-15(12)21(19,20)18-11-4-3-8-14(18)13-7-5-10-17-13/h1-2,6,9,13-14,17H,3-5,7-8,10-11H2. The van der Waals surface area contributed by atoms with Crippen LogP contribution in [-0.4, -0.2) is 37.9 Å². The maximum Gasteiger partial charge on any atom is 0.246 e. The molecule has 2 unspecified atom stereocenters. The van der Waals surface area contributed by atoms with Crippen molar-refractivity contribution in [1.82, 2.24) is 9.62 Å². The second kappa shape index (κ2) is 6.02. The number of benzene rings is 1. The Bertz CT molecular complexity index is 599. The van der Waals surface area contributed by atoms with Gasteiger partial charge in [-0.05, 0) is 44.4 Å². The number of nitrogens with zero attached hydrogens (tertiary/aromatic N) is 1. The van der Waals surface area contributed by atoms with Gasteiger partial charge in [0.1, 0.15) is 10.7 Å². The zero-order valence-corrected chi connectivity index (χ0v) is 12.8. The van der Waals surface area contributed by atoms with E-state index in [9.17, 15) is 12.8 Å². The Morgan fingerprint density at radius 3 is 2.67 bits per heavy atom. The molecule has 1 aromatic carbocycles. The minimum Gasteiger partial charge on any atom is -0.312 e. The molecule has 116 valence electrons. The molecule has 2 saturated heterocycles. The first-order chi connectivity index (χ1) is 10.1. The van der Waals surface area contributed by atoms with E-state index in [1.165, 1.54) is 22.5 Å². The molecule has 21 heavy (non-hydrogen) atoms. The molecule has 2 atom stereocenters. The maximum absolute atomic E-state index is 13.9. The Hall–Kier alpha value is -0.980. The number of sulfonamides is 1. The zero-order valence-electron chi connectivity index (χ0n) is 12.0. The Morgan fingerprint density at radius 1 is 1.14 bits per heavy atom. The van der Waals surface area contributed by atoms with Crippen molar-refractivity contribution in [2.24, 2.45) is 0 Å². The number of hydrogen-bond donors (Lipinski definition) is 1. The molecule has 0 aromatic heterocycles. The Balaban J connectivity index is 1.93. The highest BCUT2D eigenvalue weighted by Gasteiger charge is 2.39. The predicted octanol–water partition coefficient (Wildman–Crippen LogP) is 2.12. The molecule has 2 aliphatic heterocycles. The van der Waals surface area contributed by atoms with Gasteiger partial charge in [0.25, 0.3) is 0 Å². The molecule has 2 aliphatic rings. The summed E-state index contributed by atoms with van der Waals surface area (Å²) in [6.07, 6.45) is 4.80. The predicted molar refractivity (Wildman–Crippen MR) is 79.0 cm³/mol. The molecule has 4 nitrogen and oxygen atoms in total. The summed E-state index contributed by atoms with van der Waals surface area (Å²) in [4.78, 5) is -0.199. The second-order valence-electron chi connectivity index (χ2n) is 5.81. The molecule has 0 spiro atoms. The third-order valence-electron chi connectivity index (χ3n) is 4.48. The molecule has 0 aliphatic carbocycles. The fraction of sp³-hybridized carbons (Fsp3) is 0.600. The average Bonchev–Trinajstić information content (AvgIpc) is 3.01. The third kappa shape index (κ3) is 2.84. The topological polar surface area (TPSA) is 49.4 Å². The highest BCUT2D eigenvalue weighted by atomic mass is 32.2. The molecule has 0 bridgehead atoms. The quantitative estimate of drug-likeness (QED) is 0.930. The lowest BCUT2D eigenvalue weighted by Gasteiger charge is -2.38. The number of piperidine rings is 1. The highest BCUT2D eigenvalue weighted by molar-refractivity contribution is 7.89. The summed E-state index contributed by atoms with van der Waals surface area (Å²) in [7, 11) is -3.76. The SMILES string of the molecule is O=S(=O)(c1ccccc1F)N1CCCCC1C1CCCN1. The number of rotatable bonds is 3. The van der Waals surface area contributed by atoms with E-state index in [0.29, 0.717) is 6.54 Å². The van der Waals surface area contributed by atoms with E-state index in [-0.39, 0.29) is 17.0 Å². The van der Waals surface area contributed by atoms with E-state index in [4.69, 9.17) is 0 Å². The van der Waals surface area contributed by atoms with Gasteiger partial charge in [0, 0.05) is 18.6 Å². The summed E-state index contributed by atoms with van der Waals surface area (Å²) in [5.74, 6) is -0.666. The summed E-state index contributed by atoms with van der Waals surface area (Å²) < 4.78 is 41.1. The maximum atomic E-state index is 13.9. The Labute approximate surface area is 125 Å². The van der Waals surface area contributed by atoms with Crippen LogP contribution in [0.15, 0.2) is 29.2 Å². The lowest BCUT2D eigenvalue weighted by atomic mass is 9.97. The molecule has 6 heteroatoms. The van der Waals surface area contributed by atoms with Gasteiger partial charge in [-0.1, -0.05) is 18.6 Å². The largest absolute Gasteiger partial charge is 0.312 e. The van der Waals surface area contributed by atoms with Crippen LogP contribution in [0.1, 0.15) is 32.1 Å². The molecule has 2 heterocycles. The van der Waals surface area contributed by atoms with Gasteiger partial charge < -0.3 is 5.32 Å². The monoisotopic (exact) mass is 312 g/mol. The van der Waals surface area contributed by atoms with Crippen LogP contribution in [0, 0.1) is 5.82 Å².